The van der Waals surface area contributed by atoms with Crippen LogP contribution in [-0.2, 0) is 0 Å². The molecule has 3 rings (SSSR count). The molecule has 0 aromatic heterocycles. The lowest BCUT2D eigenvalue weighted by Crippen LogP contribution is -2.11. The van der Waals surface area contributed by atoms with Gasteiger partial charge in [-0.05, 0) is 37.1 Å². The molecule has 0 aliphatic carbocycles. The largest absolute Gasteiger partial charge is 0.454 e. The number of carbonyl (C=O) groups excluding carboxylic acids is 1. The van der Waals surface area contributed by atoms with Gasteiger partial charge in [-0.2, -0.15) is 0 Å². The van der Waals surface area contributed by atoms with E-state index in [0.29, 0.717) is 22.8 Å². The van der Waals surface area contributed by atoms with E-state index in [4.69, 9.17) is 14.2 Å². The lowest BCUT2D eigenvalue weighted by molar-refractivity contribution is 0.0727. The summed E-state index contributed by atoms with van der Waals surface area (Å²) in [5, 5.41) is 0. The molecule has 0 saturated heterocycles. The number of esters is 1. The van der Waals surface area contributed by atoms with Crippen LogP contribution in [0.25, 0.3) is 0 Å². The Hall–Kier alpha value is -2.49. The van der Waals surface area contributed by atoms with Crippen molar-refractivity contribution in [2.45, 2.75) is 13.8 Å². The highest BCUT2D eigenvalue weighted by molar-refractivity contribution is 5.95. The molecule has 2 aromatic carbocycles. The summed E-state index contributed by atoms with van der Waals surface area (Å²) < 4.78 is 16.1. The Kier molecular flexibility index (Phi) is 3.06. The third-order valence-electron chi connectivity index (χ3n) is 3.22. The minimum absolute atomic E-state index is 0.128. The number of fused-ring (bicyclic) bond motifs is 1. The second kappa shape index (κ2) is 4.89. The Morgan fingerprint density at radius 2 is 1.75 bits per heavy atom. The molecule has 0 spiro atoms. The highest BCUT2D eigenvalue weighted by atomic mass is 16.7. The molecule has 20 heavy (non-hydrogen) atoms. The van der Waals surface area contributed by atoms with E-state index >= 15 is 0 Å². The smallest absolute Gasteiger partial charge is 0.347 e. The first-order valence-electron chi connectivity index (χ1n) is 6.34. The van der Waals surface area contributed by atoms with Crippen molar-refractivity contribution in [1.82, 2.24) is 0 Å². The van der Waals surface area contributed by atoms with Crippen molar-refractivity contribution >= 4 is 5.97 Å². The third kappa shape index (κ3) is 2.09. The van der Waals surface area contributed by atoms with Crippen LogP contribution in [0.15, 0.2) is 36.4 Å². The zero-order valence-corrected chi connectivity index (χ0v) is 11.3. The highest BCUT2D eigenvalue weighted by Gasteiger charge is 2.23. The molecule has 102 valence electrons. The van der Waals surface area contributed by atoms with Crippen LogP contribution in [0.2, 0.25) is 0 Å². The van der Waals surface area contributed by atoms with E-state index in [1.54, 1.807) is 18.2 Å². The van der Waals surface area contributed by atoms with E-state index in [9.17, 15) is 4.79 Å². The van der Waals surface area contributed by atoms with Gasteiger partial charge in [0.2, 0.25) is 6.79 Å². The quantitative estimate of drug-likeness (QED) is 0.620. The SMILES string of the molecule is Cc1cccc(C)c1OC(=O)c1cccc2c1OCO2. The van der Waals surface area contributed by atoms with Crippen LogP contribution in [0.3, 0.4) is 0 Å². The maximum Gasteiger partial charge on any atom is 0.347 e. The minimum atomic E-state index is -0.440. The molecule has 2 aromatic rings. The molecular formula is C16H14O4. The van der Waals surface area contributed by atoms with E-state index in [0.717, 1.165) is 11.1 Å². The molecule has 0 unspecified atom stereocenters. The van der Waals surface area contributed by atoms with E-state index in [1.165, 1.54) is 0 Å². The molecule has 0 amide bonds. The molecular weight excluding hydrogens is 256 g/mol. The van der Waals surface area contributed by atoms with Gasteiger partial charge in [0.25, 0.3) is 0 Å². The van der Waals surface area contributed by atoms with Crippen LogP contribution in [-0.4, -0.2) is 12.8 Å². The Balaban J connectivity index is 1.93. The molecule has 4 nitrogen and oxygen atoms in total. The van der Waals surface area contributed by atoms with Gasteiger partial charge in [0.1, 0.15) is 11.3 Å². The van der Waals surface area contributed by atoms with Crippen molar-refractivity contribution in [2.24, 2.45) is 0 Å². The second-order valence-electron chi connectivity index (χ2n) is 4.65. The van der Waals surface area contributed by atoms with Crippen molar-refractivity contribution < 1.29 is 19.0 Å². The lowest BCUT2D eigenvalue weighted by Gasteiger charge is -2.11. The average Bonchev–Trinajstić information content (AvgIpc) is 2.91. The summed E-state index contributed by atoms with van der Waals surface area (Å²) in [5.41, 5.74) is 2.22. The van der Waals surface area contributed by atoms with Crippen molar-refractivity contribution in [2.75, 3.05) is 6.79 Å². The molecule has 0 bridgehead atoms. The molecule has 1 heterocycles. The predicted octanol–water partition coefficient (Wildman–Crippen LogP) is 3.25. The van der Waals surface area contributed by atoms with E-state index < -0.39 is 5.97 Å². The monoisotopic (exact) mass is 270 g/mol. The van der Waals surface area contributed by atoms with Gasteiger partial charge >= 0.3 is 5.97 Å². The lowest BCUT2D eigenvalue weighted by atomic mass is 10.1. The fourth-order valence-electron chi connectivity index (χ4n) is 2.20. The highest BCUT2D eigenvalue weighted by Crippen LogP contribution is 2.36. The summed E-state index contributed by atoms with van der Waals surface area (Å²) in [6, 6.07) is 10.9. The fourth-order valence-corrected chi connectivity index (χ4v) is 2.20. The molecule has 0 atom stereocenters. The summed E-state index contributed by atoms with van der Waals surface area (Å²) >= 11 is 0. The van der Waals surface area contributed by atoms with E-state index in [2.05, 4.69) is 0 Å². The Bertz CT molecular complexity index is 656. The summed E-state index contributed by atoms with van der Waals surface area (Å²) in [4.78, 5) is 12.3. The van der Waals surface area contributed by atoms with Crippen LogP contribution < -0.4 is 14.2 Å². The standard InChI is InChI=1S/C16H14O4/c1-10-5-3-6-11(2)14(10)20-16(17)12-7-4-8-13-15(12)19-9-18-13/h3-8H,9H2,1-2H3. The van der Waals surface area contributed by atoms with E-state index in [-0.39, 0.29) is 6.79 Å². The summed E-state index contributed by atoms with van der Waals surface area (Å²) in [7, 11) is 0. The van der Waals surface area contributed by atoms with Gasteiger partial charge in [-0.25, -0.2) is 4.79 Å². The molecule has 1 aliphatic rings. The number of carbonyl (C=O) groups is 1. The first kappa shape index (κ1) is 12.5. The fraction of sp³-hybridized carbons (Fsp3) is 0.188. The normalized spacial score (nSPS) is 12.3. The van der Waals surface area contributed by atoms with Crippen molar-refractivity contribution in [3.8, 4) is 17.2 Å². The number of hydrogen-bond donors (Lipinski definition) is 0. The first-order chi connectivity index (χ1) is 9.66. The number of hydrogen-bond acceptors (Lipinski definition) is 4. The Morgan fingerprint density at radius 1 is 1.05 bits per heavy atom. The van der Waals surface area contributed by atoms with Crippen LogP contribution in [0.4, 0.5) is 0 Å². The molecule has 1 aliphatic heterocycles. The number of para-hydroxylation sites is 2. The van der Waals surface area contributed by atoms with Crippen molar-refractivity contribution in [3.63, 3.8) is 0 Å². The van der Waals surface area contributed by atoms with Crippen LogP contribution in [0.5, 0.6) is 17.2 Å². The molecule has 0 saturated carbocycles. The Labute approximate surface area is 116 Å². The molecule has 0 fully saturated rings. The number of aryl methyl sites for hydroxylation is 2. The number of rotatable bonds is 2. The Morgan fingerprint density at radius 3 is 2.50 bits per heavy atom. The molecule has 0 N–H and O–H groups in total. The topological polar surface area (TPSA) is 44.8 Å². The van der Waals surface area contributed by atoms with Crippen LogP contribution in [0, 0.1) is 13.8 Å². The molecule has 4 heteroatoms. The average molecular weight is 270 g/mol. The minimum Gasteiger partial charge on any atom is -0.454 e. The van der Waals surface area contributed by atoms with Gasteiger partial charge in [-0.1, -0.05) is 24.3 Å². The van der Waals surface area contributed by atoms with Gasteiger partial charge in [0, 0.05) is 0 Å². The molecule has 0 radical (unpaired) electrons. The summed E-state index contributed by atoms with van der Waals surface area (Å²) in [6.07, 6.45) is 0. The zero-order valence-electron chi connectivity index (χ0n) is 11.3. The summed E-state index contributed by atoms with van der Waals surface area (Å²) in [5.74, 6) is 1.17. The van der Waals surface area contributed by atoms with Crippen molar-refractivity contribution in [3.05, 3.63) is 53.1 Å². The van der Waals surface area contributed by atoms with Crippen molar-refractivity contribution in [1.29, 1.82) is 0 Å². The maximum absolute atomic E-state index is 12.3. The second-order valence-corrected chi connectivity index (χ2v) is 4.65. The van der Waals surface area contributed by atoms with Gasteiger partial charge in [0.15, 0.2) is 11.5 Å². The van der Waals surface area contributed by atoms with Gasteiger partial charge in [0.05, 0.1) is 0 Å². The van der Waals surface area contributed by atoms with Gasteiger partial charge in [-0.15, -0.1) is 0 Å². The number of ether oxygens (including phenoxy) is 3. The predicted molar refractivity (Wildman–Crippen MR) is 73.4 cm³/mol. The zero-order chi connectivity index (χ0) is 14.1. The van der Waals surface area contributed by atoms with Crippen LogP contribution >= 0.6 is 0 Å². The maximum atomic E-state index is 12.3. The number of benzene rings is 2. The van der Waals surface area contributed by atoms with Gasteiger partial charge in [-0.3, -0.25) is 0 Å². The third-order valence-corrected chi connectivity index (χ3v) is 3.22. The first-order valence-corrected chi connectivity index (χ1v) is 6.34. The van der Waals surface area contributed by atoms with Gasteiger partial charge < -0.3 is 14.2 Å². The van der Waals surface area contributed by atoms with E-state index in [1.807, 2.05) is 32.0 Å². The van der Waals surface area contributed by atoms with Crippen LogP contribution in [0.1, 0.15) is 21.5 Å². The summed E-state index contributed by atoms with van der Waals surface area (Å²) in [6.45, 7) is 3.94.